The van der Waals surface area contributed by atoms with Crippen molar-refractivity contribution in [3.05, 3.63) is 0 Å². The van der Waals surface area contributed by atoms with Gasteiger partial charge < -0.3 is 10.6 Å². The van der Waals surface area contributed by atoms with Gasteiger partial charge in [0.05, 0.1) is 0 Å². The average molecular weight is 198 g/mol. The topological polar surface area (TPSA) is 24.1 Å². The maximum Gasteiger partial charge on any atom is 0.00957 e. The van der Waals surface area contributed by atoms with Crippen molar-refractivity contribution in [3.8, 4) is 0 Å². The van der Waals surface area contributed by atoms with Crippen molar-refractivity contribution in [1.82, 2.24) is 10.6 Å². The summed E-state index contributed by atoms with van der Waals surface area (Å²) in [5.41, 5.74) is 0. The van der Waals surface area contributed by atoms with Gasteiger partial charge in [0.2, 0.25) is 0 Å². The molecule has 0 saturated heterocycles. The zero-order chi connectivity index (χ0) is 10.4. The van der Waals surface area contributed by atoms with E-state index in [1.54, 1.807) is 0 Å². The van der Waals surface area contributed by atoms with Gasteiger partial charge in [-0.05, 0) is 24.8 Å². The molecule has 0 amide bonds. The molecule has 14 heavy (non-hydrogen) atoms. The van der Waals surface area contributed by atoms with E-state index in [0.717, 1.165) is 37.5 Å². The van der Waals surface area contributed by atoms with Crippen molar-refractivity contribution in [2.75, 3.05) is 19.6 Å². The monoisotopic (exact) mass is 198 g/mol. The molecular weight excluding hydrogens is 172 g/mol. The first-order chi connectivity index (χ1) is 6.75. The fourth-order valence-electron chi connectivity index (χ4n) is 2.39. The first-order valence-corrected chi connectivity index (χ1v) is 6.19. The SMILES string of the molecule is CCNCCNC1CCCC(C)C1C. The summed E-state index contributed by atoms with van der Waals surface area (Å²) in [4.78, 5) is 0. The largest absolute Gasteiger partial charge is 0.316 e. The predicted molar refractivity (Wildman–Crippen MR) is 62.5 cm³/mol. The second-order valence-corrected chi connectivity index (χ2v) is 4.68. The standard InChI is InChI=1S/C12H26N2/c1-4-13-8-9-14-12-7-5-6-10(2)11(12)3/h10-14H,4-9H2,1-3H3. The highest BCUT2D eigenvalue weighted by Gasteiger charge is 2.25. The van der Waals surface area contributed by atoms with Gasteiger partial charge in [-0.25, -0.2) is 0 Å². The summed E-state index contributed by atoms with van der Waals surface area (Å²) in [6.45, 7) is 10.3. The minimum atomic E-state index is 0.761. The van der Waals surface area contributed by atoms with E-state index < -0.39 is 0 Å². The Labute approximate surface area is 88.8 Å². The normalized spacial score (nSPS) is 33.2. The summed E-state index contributed by atoms with van der Waals surface area (Å²) in [7, 11) is 0. The molecule has 0 spiro atoms. The Hall–Kier alpha value is -0.0800. The Morgan fingerprint density at radius 1 is 1.14 bits per heavy atom. The molecule has 2 N–H and O–H groups in total. The van der Waals surface area contributed by atoms with Crippen LogP contribution in [-0.2, 0) is 0 Å². The summed E-state index contributed by atoms with van der Waals surface area (Å²) in [6.07, 6.45) is 4.20. The molecule has 3 atom stereocenters. The number of likely N-dealkylation sites (N-methyl/N-ethyl adjacent to an activating group) is 1. The van der Waals surface area contributed by atoms with Crippen molar-refractivity contribution < 1.29 is 0 Å². The lowest BCUT2D eigenvalue weighted by molar-refractivity contribution is 0.207. The molecule has 0 bridgehead atoms. The molecule has 0 aliphatic heterocycles. The Balaban J connectivity index is 2.15. The van der Waals surface area contributed by atoms with Crippen LogP contribution in [0.3, 0.4) is 0 Å². The average Bonchev–Trinajstić information content (AvgIpc) is 2.19. The molecule has 2 nitrogen and oxygen atoms in total. The third kappa shape index (κ3) is 3.58. The van der Waals surface area contributed by atoms with E-state index in [2.05, 4.69) is 31.4 Å². The zero-order valence-electron chi connectivity index (χ0n) is 9.97. The lowest BCUT2D eigenvalue weighted by Gasteiger charge is -2.34. The molecule has 0 heterocycles. The highest BCUT2D eigenvalue weighted by atomic mass is 15.0. The van der Waals surface area contributed by atoms with Crippen LogP contribution in [0.25, 0.3) is 0 Å². The van der Waals surface area contributed by atoms with Gasteiger partial charge in [0.25, 0.3) is 0 Å². The Morgan fingerprint density at radius 2 is 1.93 bits per heavy atom. The Morgan fingerprint density at radius 3 is 2.64 bits per heavy atom. The molecule has 3 unspecified atom stereocenters. The van der Waals surface area contributed by atoms with Gasteiger partial charge in [-0.15, -0.1) is 0 Å². The number of nitrogens with one attached hydrogen (secondary N) is 2. The fraction of sp³-hybridized carbons (Fsp3) is 1.00. The molecule has 1 aliphatic carbocycles. The van der Waals surface area contributed by atoms with E-state index in [4.69, 9.17) is 0 Å². The van der Waals surface area contributed by atoms with E-state index in [1.165, 1.54) is 19.3 Å². The van der Waals surface area contributed by atoms with Gasteiger partial charge in [-0.3, -0.25) is 0 Å². The number of hydrogen-bond donors (Lipinski definition) is 2. The minimum absolute atomic E-state index is 0.761. The molecule has 0 aromatic heterocycles. The molecule has 84 valence electrons. The summed E-state index contributed by atoms with van der Waals surface area (Å²) in [6, 6.07) is 0.761. The lowest BCUT2D eigenvalue weighted by Crippen LogP contribution is -2.43. The first kappa shape index (κ1) is 12.0. The van der Waals surface area contributed by atoms with E-state index in [1.807, 2.05) is 0 Å². The van der Waals surface area contributed by atoms with E-state index in [-0.39, 0.29) is 0 Å². The van der Waals surface area contributed by atoms with Crippen LogP contribution in [0, 0.1) is 11.8 Å². The maximum atomic E-state index is 3.67. The van der Waals surface area contributed by atoms with Crippen molar-refractivity contribution in [2.45, 2.75) is 46.1 Å². The van der Waals surface area contributed by atoms with Crippen LogP contribution in [0.1, 0.15) is 40.0 Å². The van der Waals surface area contributed by atoms with Crippen LogP contribution in [0.4, 0.5) is 0 Å². The van der Waals surface area contributed by atoms with Gasteiger partial charge >= 0.3 is 0 Å². The Bertz CT molecular complexity index is 147. The third-order valence-electron chi connectivity index (χ3n) is 3.67. The van der Waals surface area contributed by atoms with Crippen LogP contribution in [0.5, 0.6) is 0 Å². The highest BCUT2D eigenvalue weighted by molar-refractivity contribution is 4.82. The van der Waals surface area contributed by atoms with Crippen LogP contribution in [-0.4, -0.2) is 25.7 Å². The van der Waals surface area contributed by atoms with E-state index >= 15 is 0 Å². The maximum absolute atomic E-state index is 3.67. The smallest absolute Gasteiger partial charge is 0.00957 e. The fourth-order valence-corrected chi connectivity index (χ4v) is 2.39. The summed E-state index contributed by atoms with van der Waals surface area (Å²) in [5.74, 6) is 1.76. The summed E-state index contributed by atoms with van der Waals surface area (Å²) < 4.78 is 0. The summed E-state index contributed by atoms with van der Waals surface area (Å²) >= 11 is 0. The van der Waals surface area contributed by atoms with Gasteiger partial charge in [0.1, 0.15) is 0 Å². The predicted octanol–water partition coefficient (Wildman–Crippen LogP) is 2.01. The molecule has 0 radical (unpaired) electrons. The molecule has 2 heteroatoms. The van der Waals surface area contributed by atoms with Crippen LogP contribution >= 0.6 is 0 Å². The highest BCUT2D eigenvalue weighted by Crippen LogP contribution is 2.29. The molecule has 1 aliphatic rings. The lowest BCUT2D eigenvalue weighted by atomic mass is 9.78. The molecule has 1 saturated carbocycles. The molecular formula is C12H26N2. The first-order valence-electron chi connectivity index (χ1n) is 6.19. The van der Waals surface area contributed by atoms with Crippen molar-refractivity contribution in [2.24, 2.45) is 11.8 Å². The van der Waals surface area contributed by atoms with Crippen molar-refractivity contribution >= 4 is 0 Å². The van der Waals surface area contributed by atoms with E-state index in [0.29, 0.717) is 0 Å². The zero-order valence-corrected chi connectivity index (χ0v) is 9.97. The van der Waals surface area contributed by atoms with Crippen molar-refractivity contribution in [3.63, 3.8) is 0 Å². The summed E-state index contributed by atoms with van der Waals surface area (Å²) in [5, 5.41) is 7.03. The van der Waals surface area contributed by atoms with Crippen molar-refractivity contribution in [1.29, 1.82) is 0 Å². The van der Waals surface area contributed by atoms with Crippen LogP contribution < -0.4 is 10.6 Å². The van der Waals surface area contributed by atoms with Gasteiger partial charge in [0.15, 0.2) is 0 Å². The minimum Gasteiger partial charge on any atom is -0.316 e. The molecule has 1 rings (SSSR count). The molecule has 0 aromatic rings. The van der Waals surface area contributed by atoms with Gasteiger partial charge in [-0.2, -0.15) is 0 Å². The number of hydrogen-bond acceptors (Lipinski definition) is 2. The Kier molecular flexibility index (Phi) is 5.49. The third-order valence-corrected chi connectivity index (χ3v) is 3.67. The van der Waals surface area contributed by atoms with Crippen LogP contribution in [0.15, 0.2) is 0 Å². The van der Waals surface area contributed by atoms with Crippen LogP contribution in [0.2, 0.25) is 0 Å². The molecule has 0 aromatic carbocycles. The quantitative estimate of drug-likeness (QED) is 0.660. The number of rotatable bonds is 5. The second kappa shape index (κ2) is 6.41. The van der Waals surface area contributed by atoms with Gasteiger partial charge in [-0.1, -0.05) is 33.6 Å². The van der Waals surface area contributed by atoms with E-state index in [9.17, 15) is 0 Å². The second-order valence-electron chi connectivity index (χ2n) is 4.68. The molecule has 1 fully saturated rings. The van der Waals surface area contributed by atoms with Gasteiger partial charge in [0, 0.05) is 19.1 Å².